The zero-order chi connectivity index (χ0) is 27.5. The smallest absolute Gasteiger partial charge is 0.330 e. The van der Waals surface area contributed by atoms with Crippen molar-refractivity contribution in [2.24, 2.45) is 0 Å². The lowest BCUT2D eigenvalue weighted by Crippen LogP contribution is -2.48. The number of rotatable bonds is 6. The zero-order valence-electron chi connectivity index (χ0n) is 21.6. The highest BCUT2D eigenvalue weighted by molar-refractivity contribution is 7.15. The first-order valence-corrected chi connectivity index (χ1v) is 14.2. The van der Waals surface area contributed by atoms with Gasteiger partial charge in [0, 0.05) is 60.6 Å². The van der Waals surface area contributed by atoms with E-state index in [9.17, 15) is 9.18 Å². The summed E-state index contributed by atoms with van der Waals surface area (Å²) in [7, 11) is 0. The second-order valence-electron chi connectivity index (χ2n) is 9.41. The fourth-order valence-corrected chi connectivity index (χ4v) is 5.92. The first kappa shape index (κ1) is 26.8. The molecular weight excluding hydrogens is 559 g/mol. The standard InChI is InChI=1S/C27H28ClFN6O4S/c28-24-23(18(14-29)17-40-24)35-16-19-15-30-26-31-20-3-4-21(39-12-8-33-6-10-37-11-7-33)22(13-20)38-9-2-1-5-34(27(35)36)25(19)32-26/h1-4,13,15,17H,5-12,14,16H2,(H,30,31,32)/b2-1-. The molecule has 3 aromatic rings. The Morgan fingerprint density at radius 1 is 1.20 bits per heavy atom. The van der Waals surface area contributed by atoms with Crippen molar-refractivity contribution in [1.29, 1.82) is 0 Å². The number of hydrogen-bond acceptors (Lipinski definition) is 9. The maximum absolute atomic E-state index is 13.7. The van der Waals surface area contributed by atoms with Gasteiger partial charge in [-0.25, -0.2) is 14.2 Å². The van der Waals surface area contributed by atoms with Crippen LogP contribution in [0.25, 0.3) is 0 Å². The van der Waals surface area contributed by atoms with E-state index in [1.165, 1.54) is 21.1 Å². The highest BCUT2D eigenvalue weighted by Crippen LogP contribution is 2.41. The van der Waals surface area contributed by atoms with Crippen LogP contribution in [0.4, 0.5) is 32.3 Å². The monoisotopic (exact) mass is 586 g/mol. The molecule has 0 atom stereocenters. The quantitative estimate of drug-likeness (QED) is 0.403. The molecule has 1 saturated heterocycles. The average molecular weight is 587 g/mol. The molecule has 2 amide bonds. The van der Waals surface area contributed by atoms with E-state index in [0.29, 0.717) is 51.1 Å². The van der Waals surface area contributed by atoms with Gasteiger partial charge in [-0.15, -0.1) is 11.3 Å². The van der Waals surface area contributed by atoms with Crippen LogP contribution in [-0.2, 0) is 18.0 Å². The fraction of sp³-hybridized carbons (Fsp3) is 0.370. The number of aromatic nitrogens is 2. The van der Waals surface area contributed by atoms with E-state index in [1.54, 1.807) is 11.6 Å². The molecule has 0 radical (unpaired) electrons. The van der Waals surface area contributed by atoms with Crippen molar-refractivity contribution in [2.75, 3.05) is 67.7 Å². The molecule has 0 spiro atoms. The number of urea groups is 1. The van der Waals surface area contributed by atoms with E-state index in [4.69, 9.17) is 25.8 Å². The number of carbonyl (C=O) groups excluding carboxylic acids is 1. The van der Waals surface area contributed by atoms with E-state index in [0.717, 1.165) is 38.4 Å². The number of morpholine rings is 1. The van der Waals surface area contributed by atoms with Gasteiger partial charge in [-0.1, -0.05) is 17.7 Å². The number of fused-ring (bicyclic) bond motifs is 3. The summed E-state index contributed by atoms with van der Waals surface area (Å²) in [5, 5.41) is 4.85. The predicted octanol–water partition coefficient (Wildman–Crippen LogP) is 5.01. The van der Waals surface area contributed by atoms with E-state index in [-0.39, 0.29) is 25.7 Å². The van der Waals surface area contributed by atoms with Crippen LogP contribution in [-0.4, -0.2) is 73.5 Å². The maximum Gasteiger partial charge on any atom is 0.330 e. The molecule has 4 bridgehead atoms. The number of benzene rings is 1. The lowest BCUT2D eigenvalue weighted by molar-refractivity contribution is 0.0321. The van der Waals surface area contributed by atoms with Crippen LogP contribution in [0, 0.1) is 0 Å². The summed E-state index contributed by atoms with van der Waals surface area (Å²) < 4.78 is 31.6. The van der Waals surface area contributed by atoms with Crippen molar-refractivity contribution in [3.63, 3.8) is 0 Å². The van der Waals surface area contributed by atoms with Gasteiger partial charge in [-0.05, 0) is 18.2 Å². The molecular formula is C27H28ClFN6O4S. The van der Waals surface area contributed by atoms with Gasteiger partial charge in [0.25, 0.3) is 0 Å². The number of halogens is 2. The molecule has 210 valence electrons. The Morgan fingerprint density at radius 2 is 2.08 bits per heavy atom. The summed E-state index contributed by atoms with van der Waals surface area (Å²) in [5.74, 6) is 2.04. The molecule has 0 saturated carbocycles. The largest absolute Gasteiger partial charge is 0.488 e. The van der Waals surface area contributed by atoms with E-state index >= 15 is 0 Å². The van der Waals surface area contributed by atoms with Gasteiger partial charge < -0.3 is 19.5 Å². The zero-order valence-corrected chi connectivity index (χ0v) is 23.2. The fourth-order valence-electron chi connectivity index (χ4n) is 4.79. The number of ether oxygens (including phenoxy) is 3. The number of carbonyl (C=O) groups is 1. The summed E-state index contributed by atoms with van der Waals surface area (Å²) >= 11 is 7.59. The van der Waals surface area contributed by atoms with Gasteiger partial charge in [0.15, 0.2) is 11.5 Å². The van der Waals surface area contributed by atoms with Crippen molar-refractivity contribution in [2.45, 2.75) is 13.2 Å². The number of amides is 2. The van der Waals surface area contributed by atoms with Crippen LogP contribution >= 0.6 is 22.9 Å². The first-order valence-electron chi connectivity index (χ1n) is 13.0. The van der Waals surface area contributed by atoms with Gasteiger partial charge in [0.05, 0.1) is 25.4 Å². The van der Waals surface area contributed by atoms with Crippen molar-refractivity contribution >= 4 is 52.1 Å². The second kappa shape index (κ2) is 12.0. The second-order valence-corrected chi connectivity index (χ2v) is 10.9. The number of thiophene rings is 1. The summed E-state index contributed by atoms with van der Waals surface area (Å²) in [6, 6.07) is 5.24. The lowest BCUT2D eigenvalue weighted by atomic mass is 10.2. The summed E-state index contributed by atoms with van der Waals surface area (Å²) in [5.41, 5.74) is 2.20. The molecule has 13 heteroatoms. The molecule has 1 N–H and O–H groups in total. The van der Waals surface area contributed by atoms with Crippen LogP contribution in [0.1, 0.15) is 11.1 Å². The Hall–Kier alpha value is -3.45. The highest BCUT2D eigenvalue weighted by atomic mass is 35.5. The van der Waals surface area contributed by atoms with Crippen molar-refractivity contribution in [3.8, 4) is 11.5 Å². The van der Waals surface area contributed by atoms with Crippen LogP contribution in [0.5, 0.6) is 11.5 Å². The summed E-state index contributed by atoms with van der Waals surface area (Å²) in [4.78, 5) is 28.2. The highest BCUT2D eigenvalue weighted by Gasteiger charge is 2.35. The van der Waals surface area contributed by atoms with Gasteiger partial charge in [0.2, 0.25) is 5.95 Å². The van der Waals surface area contributed by atoms with Crippen molar-refractivity contribution in [3.05, 3.63) is 57.4 Å². The number of nitrogens with one attached hydrogen (secondary N) is 1. The van der Waals surface area contributed by atoms with Crippen molar-refractivity contribution < 1.29 is 23.4 Å². The van der Waals surface area contributed by atoms with Crippen LogP contribution in [0.15, 0.2) is 41.9 Å². The van der Waals surface area contributed by atoms with Gasteiger partial charge in [-0.2, -0.15) is 4.98 Å². The third-order valence-corrected chi connectivity index (χ3v) is 8.10. The number of anilines is 4. The van der Waals surface area contributed by atoms with Crippen molar-refractivity contribution in [1.82, 2.24) is 14.9 Å². The average Bonchev–Trinajstić information content (AvgIpc) is 3.35. The third-order valence-electron chi connectivity index (χ3n) is 6.85. The Bertz CT molecular complexity index is 1420. The van der Waals surface area contributed by atoms with Gasteiger partial charge >= 0.3 is 6.03 Å². The molecule has 1 aromatic carbocycles. The molecule has 3 aliphatic heterocycles. The minimum Gasteiger partial charge on any atom is -0.488 e. The summed E-state index contributed by atoms with van der Waals surface area (Å²) in [6.07, 6.45) is 5.36. The van der Waals surface area contributed by atoms with Gasteiger partial charge in [0.1, 0.15) is 30.0 Å². The molecule has 40 heavy (non-hydrogen) atoms. The number of nitrogens with zero attached hydrogens (tertiary/aromatic N) is 5. The number of alkyl halides is 1. The van der Waals surface area contributed by atoms with Crippen LogP contribution in [0.2, 0.25) is 4.34 Å². The van der Waals surface area contributed by atoms with E-state index in [1.807, 2.05) is 30.4 Å². The number of hydrogen-bond donors (Lipinski definition) is 1. The molecule has 2 aromatic heterocycles. The van der Waals surface area contributed by atoms with E-state index in [2.05, 4.69) is 20.2 Å². The SMILES string of the molecule is O=C1N2C/C=C\COc3cc(ccc3OCCN3CCOCC3)Nc3ncc(c2n3)CN1c1c(CF)csc1Cl. The Kier molecular flexibility index (Phi) is 8.00. The van der Waals surface area contributed by atoms with Crippen LogP contribution in [0.3, 0.4) is 0 Å². The van der Waals surface area contributed by atoms with E-state index < -0.39 is 6.67 Å². The molecule has 0 aliphatic carbocycles. The van der Waals surface area contributed by atoms with Gasteiger partial charge in [-0.3, -0.25) is 14.7 Å². The molecule has 5 heterocycles. The van der Waals surface area contributed by atoms with Crippen LogP contribution < -0.4 is 24.6 Å². The molecule has 6 rings (SSSR count). The summed E-state index contributed by atoms with van der Waals surface area (Å²) in [6.45, 7) is 4.58. The minimum atomic E-state index is -0.719. The predicted molar refractivity (Wildman–Crippen MR) is 152 cm³/mol. The Morgan fingerprint density at radius 3 is 2.92 bits per heavy atom. The topological polar surface area (TPSA) is 92.3 Å². The molecule has 1 fully saturated rings. The Labute approximate surface area is 239 Å². The normalized spacial score (nSPS) is 18.2. The molecule has 3 aliphatic rings. The third kappa shape index (κ3) is 5.57. The first-order chi connectivity index (χ1) is 19.6. The maximum atomic E-state index is 13.7. The molecule has 0 unspecified atom stereocenters. The lowest BCUT2D eigenvalue weighted by Gasteiger charge is -2.35. The Balaban J connectivity index is 1.24. The minimum absolute atomic E-state index is 0.182. The molecule has 10 nitrogen and oxygen atoms in total.